The van der Waals surface area contributed by atoms with E-state index in [0.29, 0.717) is 11.4 Å². The highest BCUT2D eigenvalue weighted by molar-refractivity contribution is 6.30. The molecule has 1 unspecified atom stereocenters. The van der Waals surface area contributed by atoms with Crippen molar-refractivity contribution in [3.8, 4) is 5.69 Å². The number of rotatable bonds is 6. The number of carbonyl (C=O) groups is 1. The van der Waals surface area contributed by atoms with Crippen molar-refractivity contribution in [1.82, 2.24) is 19.5 Å². The van der Waals surface area contributed by atoms with Crippen LogP contribution in [0.25, 0.3) is 5.69 Å². The van der Waals surface area contributed by atoms with E-state index in [0.717, 1.165) is 11.1 Å². The van der Waals surface area contributed by atoms with Crippen LogP contribution in [0, 0.1) is 11.6 Å². The zero-order valence-corrected chi connectivity index (χ0v) is 16.9. The number of hydrogen-bond donors (Lipinski definition) is 1. The van der Waals surface area contributed by atoms with Crippen molar-refractivity contribution in [1.29, 1.82) is 0 Å². The molecule has 1 amide bonds. The van der Waals surface area contributed by atoms with E-state index in [4.69, 9.17) is 16.3 Å². The Morgan fingerprint density at radius 3 is 2.87 bits per heavy atom. The van der Waals surface area contributed by atoms with E-state index in [1.54, 1.807) is 23.8 Å². The minimum atomic E-state index is -0.958. The number of nitrogens with zero attached hydrogens (tertiary/aromatic N) is 5. The number of carbonyl (C=O) groups excluding carboxylic acids is 1. The van der Waals surface area contributed by atoms with Gasteiger partial charge in [-0.15, -0.1) is 0 Å². The van der Waals surface area contributed by atoms with Crippen molar-refractivity contribution in [3.05, 3.63) is 59.3 Å². The predicted molar refractivity (Wildman–Crippen MR) is 106 cm³/mol. The number of imidazole rings is 1. The lowest BCUT2D eigenvalue weighted by atomic mass is 10.2. The fourth-order valence-electron chi connectivity index (χ4n) is 3.05. The van der Waals surface area contributed by atoms with Crippen molar-refractivity contribution in [3.63, 3.8) is 0 Å². The molecule has 31 heavy (non-hydrogen) atoms. The summed E-state index contributed by atoms with van der Waals surface area (Å²) in [4.78, 5) is 24.9. The van der Waals surface area contributed by atoms with Gasteiger partial charge in [-0.1, -0.05) is 11.6 Å². The molecule has 162 valence electrons. The Morgan fingerprint density at radius 2 is 2.13 bits per heavy atom. The van der Waals surface area contributed by atoms with Gasteiger partial charge in [0.05, 0.1) is 29.3 Å². The normalized spacial score (nSPS) is 17.0. The summed E-state index contributed by atoms with van der Waals surface area (Å²) in [5.74, 6) is -1.77. The fourth-order valence-corrected chi connectivity index (χ4v) is 3.22. The molecule has 8 nitrogen and oxygen atoms in total. The Morgan fingerprint density at radius 1 is 1.32 bits per heavy atom. The first-order valence-corrected chi connectivity index (χ1v) is 9.55. The van der Waals surface area contributed by atoms with Gasteiger partial charge in [0.1, 0.15) is 25.1 Å². The molecule has 0 radical (unpaired) electrons. The van der Waals surface area contributed by atoms with Crippen LogP contribution in [0.4, 0.5) is 29.7 Å². The average molecular weight is 453 g/mol. The number of amides is 1. The Kier molecular flexibility index (Phi) is 5.68. The van der Waals surface area contributed by atoms with Crippen LogP contribution < -0.4 is 10.2 Å². The summed E-state index contributed by atoms with van der Waals surface area (Å²) in [6.07, 6.45) is 3.23. The molecule has 1 aromatic carbocycles. The summed E-state index contributed by atoms with van der Waals surface area (Å²) in [6.45, 7) is 0.674. The molecular weight excluding hydrogens is 437 g/mol. The second kappa shape index (κ2) is 8.42. The van der Waals surface area contributed by atoms with E-state index in [2.05, 4.69) is 20.3 Å². The van der Waals surface area contributed by atoms with E-state index in [9.17, 15) is 18.0 Å². The van der Waals surface area contributed by atoms with Crippen LogP contribution >= 0.6 is 11.6 Å². The van der Waals surface area contributed by atoms with Gasteiger partial charge in [0.25, 0.3) is 0 Å². The summed E-state index contributed by atoms with van der Waals surface area (Å²) in [5.41, 5.74) is 1.19. The van der Waals surface area contributed by atoms with Gasteiger partial charge in [-0.2, -0.15) is 4.98 Å². The summed E-state index contributed by atoms with van der Waals surface area (Å²) in [5, 5.41) is 2.94. The largest absolute Gasteiger partial charge is 0.447 e. The number of alkyl halides is 1. The van der Waals surface area contributed by atoms with Gasteiger partial charge in [-0.05, 0) is 25.1 Å². The van der Waals surface area contributed by atoms with Gasteiger partial charge in [0.15, 0.2) is 11.6 Å². The third kappa shape index (κ3) is 4.13. The minimum absolute atomic E-state index is 0.0144. The van der Waals surface area contributed by atoms with Crippen molar-refractivity contribution >= 4 is 29.5 Å². The van der Waals surface area contributed by atoms with E-state index in [-0.39, 0.29) is 23.4 Å². The molecule has 3 aromatic rings. The molecule has 12 heteroatoms. The number of cyclic esters (lactones) is 1. The van der Waals surface area contributed by atoms with Crippen LogP contribution in [0.5, 0.6) is 0 Å². The third-order valence-electron chi connectivity index (χ3n) is 4.69. The maximum Gasteiger partial charge on any atom is 0.416 e. The van der Waals surface area contributed by atoms with Crippen LogP contribution in [0.1, 0.15) is 18.7 Å². The van der Waals surface area contributed by atoms with Crippen LogP contribution in [0.15, 0.2) is 36.9 Å². The van der Waals surface area contributed by atoms with E-state index < -0.39 is 36.5 Å². The lowest BCUT2D eigenvalue weighted by molar-refractivity contribution is 0.177. The van der Waals surface area contributed by atoms with Crippen molar-refractivity contribution in [2.75, 3.05) is 23.5 Å². The molecule has 0 bridgehead atoms. The minimum Gasteiger partial charge on any atom is -0.447 e. The monoisotopic (exact) mass is 452 g/mol. The zero-order chi connectivity index (χ0) is 22.1. The Hall–Kier alpha value is -3.34. The van der Waals surface area contributed by atoms with E-state index >= 15 is 0 Å². The lowest BCUT2D eigenvalue weighted by Gasteiger charge is -2.19. The Balaban J connectivity index is 1.54. The molecule has 0 spiro atoms. The van der Waals surface area contributed by atoms with Crippen LogP contribution in [0.3, 0.4) is 0 Å². The number of ether oxygens (including phenoxy) is 1. The molecule has 1 saturated heterocycles. The summed E-state index contributed by atoms with van der Waals surface area (Å²) in [7, 11) is 0. The van der Waals surface area contributed by atoms with E-state index in [1.807, 2.05) is 0 Å². The molecule has 0 aliphatic carbocycles. The molecule has 1 aliphatic heterocycles. The number of anilines is 2. The van der Waals surface area contributed by atoms with Gasteiger partial charge < -0.3 is 14.6 Å². The molecular formula is C19H16ClF3N6O2. The maximum absolute atomic E-state index is 14.2. The topological polar surface area (TPSA) is 85.2 Å². The van der Waals surface area contributed by atoms with Crippen molar-refractivity contribution < 1.29 is 22.7 Å². The molecule has 4 rings (SSSR count). The Labute approximate surface area is 179 Å². The third-order valence-corrected chi connectivity index (χ3v) is 4.98. The molecule has 2 atom stereocenters. The Bertz CT molecular complexity index is 1130. The first-order valence-electron chi connectivity index (χ1n) is 9.17. The highest BCUT2D eigenvalue weighted by Crippen LogP contribution is 2.26. The highest BCUT2D eigenvalue weighted by Gasteiger charge is 2.37. The number of nitrogens with one attached hydrogen (secondary N) is 1. The fraction of sp³-hybridized carbons (Fsp3) is 0.263. The van der Waals surface area contributed by atoms with Crippen molar-refractivity contribution in [2.24, 2.45) is 0 Å². The number of benzene rings is 1. The molecule has 0 saturated carbocycles. The zero-order valence-electron chi connectivity index (χ0n) is 16.1. The van der Waals surface area contributed by atoms with Gasteiger partial charge >= 0.3 is 6.09 Å². The summed E-state index contributed by atoms with van der Waals surface area (Å²) >= 11 is 5.82. The highest BCUT2D eigenvalue weighted by atomic mass is 35.5. The molecule has 1 N–H and O–H groups in total. The van der Waals surface area contributed by atoms with Crippen LogP contribution in [-0.2, 0) is 4.74 Å². The van der Waals surface area contributed by atoms with Crippen molar-refractivity contribution in [2.45, 2.75) is 19.0 Å². The number of halogens is 4. The van der Waals surface area contributed by atoms with Gasteiger partial charge in [-0.3, -0.25) is 0 Å². The van der Waals surface area contributed by atoms with Gasteiger partial charge in [0.2, 0.25) is 5.95 Å². The maximum atomic E-state index is 14.2. The average Bonchev–Trinajstić information content (AvgIpc) is 3.38. The van der Waals surface area contributed by atoms with Gasteiger partial charge in [0, 0.05) is 11.9 Å². The number of hydrogen-bond acceptors (Lipinski definition) is 6. The van der Waals surface area contributed by atoms with Crippen LogP contribution in [-0.4, -0.2) is 44.9 Å². The molecule has 1 fully saturated rings. The predicted octanol–water partition coefficient (Wildman–Crippen LogP) is 4.06. The van der Waals surface area contributed by atoms with E-state index in [1.165, 1.54) is 18.5 Å². The standard InChI is InChI=1S/C19H16ClF3N6O2/c1-10(16-7-28(9-25-16)11-2-3-14(22)13(20)4-11)26-18-24-6-15(23)17(27-18)29-12(5-21)8-31-19(29)30/h2-4,6-7,9-10,12H,5,8H2,1H3,(H,24,26,27)/t10-,12?/m0/s1. The molecule has 1 aliphatic rings. The summed E-state index contributed by atoms with van der Waals surface area (Å²) < 4.78 is 47.2. The second-order valence-corrected chi connectivity index (χ2v) is 7.20. The first kappa shape index (κ1) is 20.9. The van der Waals surface area contributed by atoms with Gasteiger partial charge in [-0.25, -0.2) is 32.8 Å². The quantitative estimate of drug-likeness (QED) is 0.607. The second-order valence-electron chi connectivity index (χ2n) is 6.79. The van der Waals surface area contributed by atoms with Crippen LogP contribution in [0.2, 0.25) is 5.02 Å². The molecule has 2 aromatic heterocycles. The molecule has 3 heterocycles. The summed E-state index contributed by atoms with van der Waals surface area (Å²) in [6, 6.07) is 2.89. The first-order chi connectivity index (χ1) is 14.9. The smallest absolute Gasteiger partial charge is 0.416 e. The lowest BCUT2D eigenvalue weighted by Crippen LogP contribution is -2.36. The SMILES string of the molecule is C[C@H](Nc1ncc(F)c(N2C(=O)OCC2CF)n1)c1cn(-c2ccc(F)c(Cl)c2)cn1. The number of aromatic nitrogens is 4.